The fraction of sp³-hybridized carbons (Fsp3) is 0.366. The van der Waals surface area contributed by atoms with Gasteiger partial charge in [-0.25, -0.2) is 19.3 Å². The molecule has 7 unspecified atom stereocenters. The third kappa shape index (κ3) is 8.15. The summed E-state index contributed by atoms with van der Waals surface area (Å²) in [5.74, 6) is 0. The minimum Gasteiger partial charge on any atom is -0.394 e. The van der Waals surface area contributed by atoms with Gasteiger partial charge in [0.15, 0.2) is 0 Å². The van der Waals surface area contributed by atoms with Gasteiger partial charge in [0.2, 0.25) is 0 Å². The van der Waals surface area contributed by atoms with Gasteiger partial charge in [-0.2, -0.15) is 0 Å². The van der Waals surface area contributed by atoms with E-state index in [1.54, 1.807) is 27.9 Å². The van der Waals surface area contributed by atoms with E-state index in [1.165, 1.54) is 26.2 Å². The monoisotopic (exact) mass is 813 g/mol. The summed E-state index contributed by atoms with van der Waals surface area (Å²) in [6.45, 7) is 2.50. The number of ether oxygens (including phenoxy) is 2. The molecule has 7 rings (SSSR count). The SMILES string of the molecule is Cc1cn(C2CC(NC(c3ccccc3)(c3ccccc3)c3ccccc3)C(COP(=O)(NC3CC(n4cc(C)c(=O)[nH]c4=O)OC3CO)N(C)C)O2)c(=O)[nH]c1=O. The Morgan fingerprint density at radius 2 is 1.17 bits per heavy atom. The first kappa shape index (κ1) is 41.1. The predicted octanol–water partition coefficient (Wildman–Crippen LogP) is 2.87. The molecule has 0 bridgehead atoms. The maximum absolute atomic E-state index is 14.8. The molecule has 2 aliphatic rings. The molecule has 17 heteroatoms. The van der Waals surface area contributed by atoms with E-state index in [9.17, 15) is 28.8 Å². The van der Waals surface area contributed by atoms with E-state index in [2.05, 4.69) is 20.4 Å². The van der Waals surface area contributed by atoms with Crippen LogP contribution in [-0.2, 0) is 24.1 Å². The summed E-state index contributed by atoms with van der Waals surface area (Å²) in [4.78, 5) is 55.0. The highest BCUT2D eigenvalue weighted by Gasteiger charge is 2.47. The molecule has 7 atom stereocenters. The Hall–Kier alpha value is -5.03. The van der Waals surface area contributed by atoms with Crippen molar-refractivity contribution >= 4 is 7.67 Å². The Labute approximate surface area is 334 Å². The normalized spacial score (nSPS) is 23.3. The molecule has 306 valence electrons. The van der Waals surface area contributed by atoms with Crippen LogP contribution in [0, 0.1) is 13.8 Å². The van der Waals surface area contributed by atoms with Crippen LogP contribution in [0.5, 0.6) is 0 Å². The summed E-state index contributed by atoms with van der Waals surface area (Å²) in [7, 11) is -0.755. The molecule has 5 N–H and O–H groups in total. The molecule has 2 saturated heterocycles. The fourth-order valence-corrected chi connectivity index (χ4v) is 9.34. The molecule has 2 aliphatic heterocycles. The lowest BCUT2D eigenvalue weighted by Crippen LogP contribution is -2.53. The van der Waals surface area contributed by atoms with Gasteiger partial charge >= 0.3 is 19.0 Å². The van der Waals surface area contributed by atoms with Crippen molar-refractivity contribution in [1.29, 1.82) is 0 Å². The van der Waals surface area contributed by atoms with Crippen LogP contribution >= 0.6 is 7.67 Å². The van der Waals surface area contributed by atoms with Gasteiger partial charge in [-0.3, -0.25) is 38.6 Å². The highest BCUT2D eigenvalue weighted by Crippen LogP contribution is 2.48. The second-order valence-corrected chi connectivity index (χ2v) is 17.2. The first-order chi connectivity index (χ1) is 27.8. The zero-order chi connectivity index (χ0) is 41.2. The quantitative estimate of drug-likeness (QED) is 0.0813. The van der Waals surface area contributed by atoms with Crippen molar-refractivity contribution in [3.63, 3.8) is 0 Å². The summed E-state index contributed by atoms with van der Waals surface area (Å²) in [5.41, 5.74) is 0.187. The minimum atomic E-state index is -3.93. The number of aromatic nitrogens is 4. The number of hydrogen-bond acceptors (Lipinski definition) is 10. The number of aliphatic hydroxyl groups excluding tert-OH is 1. The predicted molar refractivity (Wildman–Crippen MR) is 217 cm³/mol. The third-order valence-corrected chi connectivity index (χ3v) is 13.1. The largest absolute Gasteiger partial charge is 0.394 e. The highest BCUT2D eigenvalue weighted by atomic mass is 31.2. The first-order valence-corrected chi connectivity index (χ1v) is 20.6. The van der Waals surface area contributed by atoms with Gasteiger partial charge in [-0.1, -0.05) is 91.0 Å². The molecule has 0 radical (unpaired) electrons. The van der Waals surface area contributed by atoms with E-state index in [0.717, 1.165) is 16.7 Å². The Bertz CT molecular complexity index is 2390. The standard InChI is InChI=1S/C41H48N7O9P/c1-26-22-47(39(52)42-37(26)50)35-20-31(44-41(28-14-8-5-9-15-28,29-16-10-6-11-17-29)30-18-12-7-13-19-30)34(57-35)25-55-58(54,46(3)4)45-32-21-36(56-33(32)24-49)48-23-27(2)38(51)43-40(48)53/h5-19,22-23,31-36,44,49H,20-21,24-25H2,1-4H3,(H,45,54)(H,42,50,52)(H,43,51,53). The molecule has 16 nitrogen and oxygen atoms in total. The first-order valence-electron chi connectivity index (χ1n) is 19.0. The number of aliphatic hydroxyl groups is 1. The number of nitrogens with one attached hydrogen (secondary N) is 4. The lowest BCUT2D eigenvalue weighted by molar-refractivity contribution is -0.0302. The van der Waals surface area contributed by atoms with E-state index in [-0.39, 0.29) is 19.4 Å². The van der Waals surface area contributed by atoms with Crippen LogP contribution in [0.25, 0.3) is 0 Å². The van der Waals surface area contributed by atoms with Gasteiger partial charge in [0.25, 0.3) is 11.1 Å². The van der Waals surface area contributed by atoms with Gasteiger partial charge in [0.1, 0.15) is 12.5 Å². The zero-order valence-electron chi connectivity index (χ0n) is 32.6. The Morgan fingerprint density at radius 3 is 1.60 bits per heavy atom. The molecule has 4 heterocycles. The van der Waals surface area contributed by atoms with Crippen molar-refractivity contribution in [2.75, 3.05) is 27.3 Å². The lowest BCUT2D eigenvalue weighted by atomic mass is 9.76. The smallest absolute Gasteiger partial charge is 0.343 e. The van der Waals surface area contributed by atoms with Crippen molar-refractivity contribution in [1.82, 2.24) is 34.2 Å². The molecular formula is C41H48N7O9P. The topological polar surface area (TPSA) is 202 Å². The summed E-state index contributed by atoms with van der Waals surface area (Å²) in [6.07, 6.45) is -0.166. The maximum atomic E-state index is 14.8. The second-order valence-electron chi connectivity index (χ2n) is 14.9. The Balaban J connectivity index is 1.24. The lowest BCUT2D eigenvalue weighted by Gasteiger charge is -2.40. The third-order valence-electron chi connectivity index (χ3n) is 10.9. The van der Waals surface area contributed by atoms with E-state index in [1.807, 2.05) is 91.0 Å². The van der Waals surface area contributed by atoms with E-state index in [0.29, 0.717) is 11.1 Å². The number of aryl methyl sites for hydroxylation is 2. The van der Waals surface area contributed by atoms with Crippen LogP contribution in [-0.4, -0.2) is 80.5 Å². The zero-order valence-corrected chi connectivity index (χ0v) is 33.5. The summed E-state index contributed by atoms with van der Waals surface area (Å²) < 4.78 is 37.8. The van der Waals surface area contributed by atoms with Crippen LogP contribution in [0.2, 0.25) is 0 Å². The van der Waals surface area contributed by atoms with Crippen LogP contribution in [0.4, 0.5) is 0 Å². The van der Waals surface area contributed by atoms with E-state index < -0.39 is 79.1 Å². The molecule has 3 aromatic carbocycles. The molecule has 0 saturated carbocycles. The van der Waals surface area contributed by atoms with Crippen LogP contribution < -0.4 is 32.9 Å². The number of aromatic amines is 2. The number of benzene rings is 3. The molecule has 58 heavy (non-hydrogen) atoms. The van der Waals surface area contributed by atoms with Crippen LogP contribution in [0.15, 0.2) is 123 Å². The molecule has 2 fully saturated rings. The molecule has 5 aromatic rings. The van der Waals surface area contributed by atoms with Crippen molar-refractivity contribution in [3.05, 3.63) is 173 Å². The summed E-state index contributed by atoms with van der Waals surface area (Å²) >= 11 is 0. The Morgan fingerprint density at radius 1 is 0.741 bits per heavy atom. The van der Waals surface area contributed by atoms with Gasteiger partial charge < -0.3 is 19.1 Å². The minimum absolute atomic E-state index is 0.117. The van der Waals surface area contributed by atoms with Crippen LogP contribution in [0.3, 0.4) is 0 Å². The summed E-state index contributed by atoms with van der Waals surface area (Å²) in [6, 6.07) is 28.7. The molecule has 2 aromatic heterocycles. The average molecular weight is 814 g/mol. The van der Waals surface area contributed by atoms with Gasteiger partial charge in [-0.15, -0.1) is 0 Å². The maximum Gasteiger partial charge on any atom is 0.343 e. The van der Waals surface area contributed by atoms with Gasteiger partial charge in [0.05, 0.1) is 31.0 Å². The number of nitrogens with zero attached hydrogens (tertiary/aromatic N) is 3. The summed E-state index contributed by atoms with van der Waals surface area (Å²) in [5, 5.41) is 17.3. The second kappa shape index (κ2) is 17.1. The van der Waals surface area contributed by atoms with E-state index in [4.69, 9.17) is 14.0 Å². The molecule has 0 spiro atoms. The molecular weight excluding hydrogens is 765 g/mol. The average Bonchev–Trinajstić information content (AvgIpc) is 3.82. The molecule has 0 aliphatic carbocycles. The number of hydrogen-bond donors (Lipinski definition) is 5. The van der Waals surface area contributed by atoms with Gasteiger partial charge in [-0.05, 0) is 44.6 Å². The number of rotatable bonds is 14. The Kier molecular flexibility index (Phi) is 12.1. The van der Waals surface area contributed by atoms with Crippen molar-refractivity contribution in [3.8, 4) is 0 Å². The van der Waals surface area contributed by atoms with Crippen molar-refractivity contribution in [2.45, 2.75) is 69.0 Å². The highest BCUT2D eigenvalue weighted by molar-refractivity contribution is 7.54. The van der Waals surface area contributed by atoms with Gasteiger partial charge in [0, 0.05) is 48.4 Å². The van der Waals surface area contributed by atoms with Crippen molar-refractivity contribution < 1.29 is 23.7 Å². The van der Waals surface area contributed by atoms with Crippen LogP contribution in [0.1, 0.15) is 53.1 Å². The van der Waals surface area contributed by atoms with E-state index >= 15 is 0 Å². The number of H-pyrrole nitrogens is 2. The molecule has 0 amide bonds. The van der Waals surface area contributed by atoms with Crippen molar-refractivity contribution in [2.24, 2.45) is 0 Å². The fourth-order valence-electron chi connectivity index (χ4n) is 7.76.